The van der Waals surface area contributed by atoms with Crippen LogP contribution < -0.4 is 10.1 Å². The molecule has 0 unspecified atom stereocenters. The Kier molecular flexibility index (Phi) is 6.73. The zero-order valence-corrected chi connectivity index (χ0v) is 16.7. The van der Waals surface area contributed by atoms with E-state index in [1.54, 1.807) is 7.11 Å². The highest BCUT2D eigenvalue weighted by molar-refractivity contribution is 8.01. The molecule has 1 aliphatic rings. The van der Waals surface area contributed by atoms with Gasteiger partial charge in [0.1, 0.15) is 5.75 Å². The van der Waals surface area contributed by atoms with Crippen LogP contribution in [0.1, 0.15) is 26.2 Å². The monoisotopic (exact) mass is 392 g/mol. The Bertz CT molecular complexity index is 733. The van der Waals surface area contributed by atoms with Gasteiger partial charge in [-0.1, -0.05) is 36.1 Å². The summed E-state index contributed by atoms with van der Waals surface area (Å²) in [6.07, 6.45) is 3.52. The zero-order valence-electron chi connectivity index (χ0n) is 15.1. The molecule has 1 aliphatic carbocycles. The first-order valence-corrected chi connectivity index (χ1v) is 10.6. The van der Waals surface area contributed by atoms with Crippen molar-refractivity contribution in [1.82, 2.24) is 15.1 Å². The number of benzene rings is 1. The molecule has 1 saturated carbocycles. The number of carbonyl (C=O) groups excluding carboxylic acids is 1. The van der Waals surface area contributed by atoms with E-state index in [0.717, 1.165) is 41.2 Å². The van der Waals surface area contributed by atoms with Gasteiger partial charge >= 0.3 is 0 Å². The Morgan fingerprint density at radius 2 is 2.27 bits per heavy atom. The van der Waals surface area contributed by atoms with Gasteiger partial charge in [0.25, 0.3) is 0 Å². The van der Waals surface area contributed by atoms with Gasteiger partial charge in [-0.3, -0.25) is 4.79 Å². The molecular weight excluding hydrogens is 368 g/mol. The van der Waals surface area contributed by atoms with Crippen molar-refractivity contribution < 1.29 is 9.53 Å². The van der Waals surface area contributed by atoms with E-state index in [1.807, 2.05) is 29.2 Å². The molecule has 0 bridgehead atoms. The first kappa shape index (κ1) is 19.0. The van der Waals surface area contributed by atoms with E-state index in [1.165, 1.54) is 35.9 Å². The van der Waals surface area contributed by atoms with Gasteiger partial charge in [0.05, 0.1) is 12.9 Å². The van der Waals surface area contributed by atoms with Crippen LogP contribution in [-0.2, 0) is 4.79 Å². The van der Waals surface area contributed by atoms with E-state index in [9.17, 15) is 4.79 Å². The molecule has 0 spiro atoms. The summed E-state index contributed by atoms with van der Waals surface area (Å²) in [7, 11) is 1.64. The number of aromatic nitrogens is 2. The molecule has 1 N–H and O–H groups in total. The molecule has 140 valence electrons. The van der Waals surface area contributed by atoms with Gasteiger partial charge < -0.3 is 15.0 Å². The maximum Gasteiger partial charge on any atom is 0.233 e. The first-order valence-electron chi connectivity index (χ1n) is 8.83. The summed E-state index contributed by atoms with van der Waals surface area (Å²) in [5.41, 5.74) is 0.895. The maximum atomic E-state index is 12.5. The van der Waals surface area contributed by atoms with Crippen molar-refractivity contribution in [1.29, 1.82) is 0 Å². The van der Waals surface area contributed by atoms with Gasteiger partial charge in [-0.25, -0.2) is 0 Å². The summed E-state index contributed by atoms with van der Waals surface area (Å²) in [6, 6.07) is 7.65. The van der Waals surface area contributed by atoms with Crippen LogP contribution >= 0.6 is 23.1 Å². The number of amides is 1. The van der Waals surface area contributed by atoms with Gasteiger partial charge in [-0.15, -0.1) is 10.2 Å². The lowest BCUT2D eigenvalue weighted by Gasteiger charge is -2.21. The van der Waals surface area contributed by atoms with Crippen molar-refractivity contribution in [2.24, 2.45) is 5.92 Å². The van der Waals surface area contributed by atoms with Crippen LogP contribution in [0.3, 0.4) is 0 Å². The highest BCUT2D eigenvalue weighted by Crippen LogP contribution is 2.31. The number of ether oxygens (including phenoxy) is 1. The minimum absolute atomic E-state index is 0.196. The number of rotatable bonds is 10. The molecule has 0 aliphatic heterocycles. The number of thioether (sulfide) groups is 1. The van der Waals surface area contributed by atoms with Gasteiger partial charge in [-0.2, -0.15) is 0 Å². The molecule has 0 saturated heterocycles. The van der Waals surface area contributed by atoms with Crippen molar-refractivity contribution in [2.45, 2.75) is 30.5 Å². The highest BCUT2D eigenvalue weighted by atomic mass is 32.2. The summed E-state index contributed by atoms with van der Waals surface area (Å²) in [5, 5.41) is 12.3. The number of carbonyl (C=O) groups is 1. The molecule has 3 rings (SSSR count). The fourth-order valence-electron chi connectivity index (χ4n) is 2.56. The Balaban J connectivity index is 1.51. The van der Waals surface area contributed by atoms with Crippen LogP contribution in [0.4, 0.5) is 10.8 Å². The van der Waals surface area contributed by atoms with E-state index in [-0.39, 0.29) is 5.91 Å². The summed E-state index contributed by atoms with van der Waals surface area (Å²) in [5.74, 6) is 2.11. The van der Waals surface area contributed by atoms with Crippen LogP contribution in [0, 0.1) is 5.92 Å². The predicted octanol–water partition coefficient (Wildman–Crippen LogP) is 4.03. The predicted molar refractivity (Wildman–Crippen MR) is 107 cm³/mol. The van der Waals surface area contributed by atoms with Crippen LogP contribution in [0.2, 0.25) is 0 Å². The number of methoxy groups -OCH3 is 1. The van der Waals surface area contributed by atoms with E-state index in [0.29, 0.717) is 10.9 Å². The smallest absolute Gasteiger partial charge is 0.233 e. The summed E-state index contributed by atoms with van der Waals surface area (Å²) >= 11 is 2.91. The number of nitrogens with one attached hydrogen (secondary N) is 1. The third-order valence-electron chi connectivity index (χ3n) is 4.07. The first-order chi connectivity index (χ1) is 12.7. The van der Waals surface area contributed by atoms with Crippen LogP contribution in [0.5, 0.6) is 5.75 Å². The van der Waals surface area contributed by atoms with E-state index in [2.05, 4.69) is 22.4 Å². The number of nitrogens with zero attached hydrogens (tertiary/aromatic N) is 3. The minimum atomic E-state index is 0.196. The molecule has 0 radical (unpaired) electrons. The van der Waals surface area contributed by atoms with E-state index < -0.39 is 0 Å². The normalized spacial score (nSPS) is 13.5. The molecule has 1 aromatic carbocycles. The lowest BCUT2D eigenvalue weighted by molar-refractivity contribution is -0.128. The molecule has 26 heavy (non-hydrogen) atoms. The summed E-state index contributed by atoms with van der Waals surface area (Å²) in [4.78, 5) is 14.5. The number of hydrogen-bond acceptors (Lipinski definition) is 7. The summed E-state index contributed by atoms with van der Waals surface area (Å²) < 4.78 is 6.02. The Hall–Kier alpha value is -1.80. The molecule has 1 aromatic heterocycles. The summed E-state index contributed by atoms with van der Waals surface area (Å²) in [6.45, 7) is 3.86. The van der Waals surface area contributed by atoms with E-state index >= 15 is 0 Å². The van der Waals surface area contributed by atoms with Gasteiger partial charge in [0.15, 0.2) is 4.34 Å². The topological polar surface area (TPSA) is 67.4 Å². The quantitative estimate of drug-likeness (QED) is 0.616. The molecule has 8 heteroatoms. The highest BCUT2D eigenvalue weighted by Gasteiger charge is 2.26. The SMILES string of the molecule is CCCN(CC1CC1)C(=O)CSc1nnc(Nc2cccc(OC)c2)s1. The van der Waals surface area contributed by atoms with Gasteiger partial charge in [0, 0.05) is 24.8 Å². The molecule has 2 aromatic rings. The molecule has 6 nitrogen and oxygen atoms in total. The lowest BCUT2D eigenvalue weighted by atomic mass is 10.3. The van der Waals surface area contributed by atoms with E-state index in [4.69, 9.17) is 4.74 Å². The zero-order chi connectivity index (χ0) is 18.4. The molecule has 1 amide bonds. The molecule has 1 heterocycles. The molecule has 0 atom stereocenters. The molecule has 1 fully saturated rings. The molecular formula is C18H24N4O2S2. The third kappa shape index (κ3) is 5.60. The fourth-order valence-corrected chi connectivity index (χ4v) is 4.23. The standard InChI is InChI=1S/C18H24N4O2S2/c1-3-9-22(11-13-7-8-13)16(23)12-25-18-21-20-17(26-18)19-14-5-4-6-15(10-14)24-2/h4-6,10,13H,3,7-9,11-12H2,1-2H3,(H,19,20). The average molecular weight is 393 g/mol. The minimum Gasteiger partial charge on any atom is -0.497 e. The second-order valence-electron chi connectivity index (χ2n) is 6.30. The van der Waals surface area contributed by atoms with Crippen molar-refractivity contribution >= 4 is 39.8 Å². The number of anilines is 2. The largest absolute Gasteiger partial charge is 0.497 e. The Morgan fingerprint density at radius 1 is 1.42 bits per heavy atom. The third-order valence-corrected chi connectivity index (χ3v) is 6.03. The van der Waals surface area contributed by atoms with Crippen LogP contribution in [-0.4, -0.2) is 47.0 Å². The second kappa shape index (κ2) is 9.23. The Labute approximate surface area is 162 Å². The van der Waals surface area contributed by atoms with Gasteiger partial charge in [0.2, 0.25) is 11.0 Å². The van der Waals surface area contributed by atoms with Crippen LogP contribution in [0.25, 0.3) is 0 Å². The van der Waals surface area contributed by atoms with Crippen molar-refractivity contribution in [2.75, 3.05) is 31.3 Å². The maximum absolute atomic E-state index is 12.5. The second-order valence-corrected chi connectivity index (χ2v) is 8.50. The van der Waals surface area contributed by atoms with Crippen LogP contribution in [0.15, 0.2) is 28.6 Å². The Morgan fingerprint density at radius 3 is 3.00 bits per heavy atom. The lowest BCUT2D eigenvalue weighted by Crippen LogP contribution is -2.34. The van der Waals surface area contributed by atoms with Gasteiger partial charge in [-0.05, 0) is 37.3 Å². The average Bonchev–Trinajstić information content (AvgIpc) is 3.36. The van der Waals surface area contributed by atoms with Crippen molar-refractivity contribution in [3.8, 4) is 5.75 Å². The van der Waals surface area contributed by atoms with Crippen molar-refractivity contribution in [3.05, 3.63) is 24.3 Å². The fraction of sp³-hybridized carbons (Fsp3) is 0.500. The van der Waals surface area contributed by atoms with Crippen molar-refractivity contribution in [3.63, 3.8) is 0 Å². The number of hydrogen-bond donors (Lipinski definition) is 1.